The first-order valence-corrected chi connectivity index (χ1v) is 8.64. The maximum Gasteiger partial charge on any atom is 0.342 e. The van der Waals surface area contributed by atoms with Crippen molar-refractivity contribution in [3.8, 4) is 5.75 Å². The van der Waals surface area contributed by atoms with E-state index in [0.29, 0.717) is 23.4 Å². The molecule has 0 radical (unpaired) electrons. The Morgan fingerprint density at radius 2 is 1.87 bits per heavy atom. The van der Waals surface area contributed by atoms with Crippen molar-refractivity contribution < 1.29 is 14.3 Å². The average molecular weight is 317 g/mol. The molecule has 0 amide bonds. The topological polar surface area (TPSA) is 38.8 Å². The lowest BCUT2D eigenvalue weighted by Gasteiger charge is -2.36. The highest BCUT2D eigenvalue weighted by Crippen LogP contribution is 2.36. The molecule has 4 heteroatoms. The highest BCUT2D eigenvalue weighted by atomic mass is 16.5. The highest BCUT2D eigenvalue weighted by Gasteiger charge is 2.39. The van der Waals surface area contributed by atoms with Crippen molar-refractivity contribution in [1.82, 2.24) is 4.90 Å². The van der Waals surface area contributed by atoms with Crippen LogP contribution in [-0.2, 0) is 4.74 Å². The molecule has 0 saturated carbocycles. The molecule has 2 fully saturated rings. The van der Waals surface area contributed by atoms with Crippen LogP contribution in [0.3, 0.4) is 0 Å². The van der Waals surface area contributed by atoms with Gasteiger partial charge in [0.2, 0.25) is 0 Å². The summed E-state index contributed by atoms with van der Waals surface area (Å²) in [4.78, 5) is 14.8. The van der Waals surface area contributed by atoms with Gasteiger partial charge in [0.05, 0.1) is 6.10 Å². The van der Waals surface area contributed by atoms with Gasteiger partial charge in [-0.15, -0.1) is 0 Å². The van der Waals surface area contributed by atoms with Crippen molar-refractivity contribution in [2.45, 2.75) is 70.7 Å². The molecular weight excluding hydrogens is 290 g/mol. The number of fused-ring (bicyclic) bond motifs is 2. The van der Waals surface area contributed by atoms with Gasteiger partial charge in [0, 0.05) is 12.1 Å². The maximum atomic E-state index is 12.4. The molecule has 1 unspecified atom stereocenters. The molecule has 2 saturated heterocycles. The van der Waals surface area contributed by atoms with E-state index in [9.17, 15) is 4.79 Å². The molecule has 3 rings (SSSR count). The lowest BCUT2D eigenvalue weighted by molar-refractivity contribution is 0.0358. The third-order valence-corrected chi connectivity index (χ3v) is 5.05. The highest BCUT2D eigenvalue weighted by molar-refractivity contribution is 5.92. The van der Waals surface area contributed by atoms with Gasteiger partial charge < -0.3 is 14.4 Å². The van der Waals surface area contributed by atoms with Gasteiger partial charge in [-0.1, -0.05) is 11.6 Å². The van der Waals surface area contributed by atoms with Crippen LogP contribution >= 0.6 is 0 Å². The predicted octanol–water partition coefficient (Wildman–Crippen LogP) is 3.56. The zero-order valence-corrected chi connectivity index (χ0v) is 14.5. The van der Waals surface area contributed by atoms with Crippen molar-refractivity contribution in [2.24, 2.45) is 0 Å². The molecule has 2 heterocycles. The summed E-state index contributed by atoms with van der Waals surface area (Å²) in [5.41, 5.74) is 1.58. The second-order valence-corrected chi connectivity index (χ2v) is 7.22. The summed E-state index contributed by atoms with van der Waals surface area (Å²) < 4.78 is 11.6. The largest absolute Gasteiger partial charge is 0.489 e. The molecule has 0 N–H and O–H groups in total. The molecule has 23 heavy (non-hydrogen) atoms. The van der Waals surface area contributed by atoms with Gasteiger partial charge in [-0.3, -0.25) is 0 Å². The van der Waals surface area contributed by atoms with E-state index in [1.54, 1.807) is 0 Å². The SMILES string of the molecule is Cc1ccc(OC2C[C@H]3CC[C@@H](C2)N3C)c(C(=O)OC(C)C)c1. The van der Waals surface area contributed by atoms with E-state index in [2.05, 4.69) is 11.9 Å². The summed E-state index contributed by atoms with van der Waals surface area (Å²) in [6.07, 6.45) is 4.67. The summed E-state index contributed by atoms with van der Waals surface area (Å²) in [6.45, 7) is 5.71. The summed E-state index contributed by atoms with van der Waals surface area (Å²) in [5, 5.41) is 0. The number of piperidine rings is 1. The van der Waals surface area contributed by atoms with Crippen LogP contribution in [0.2, 0.25) is 0 Å². The van der Waals surface area contributed by atoms with E-state index in [4.69, 9.17) is 9.47 Å². The van der Waals surface area contributed by atoms with Gasteiger partial charge in [-0.2, -0.15) is 0 Å². The third-order valence-electron chi connectivity index (χ3n) is 5.05. The number of esters is 1. The van der Waals surface area contributed by atoms with Gasteiger partial charge in [-0.05, 0) is 65.6 Å². The summed E-state index contributed by atoms with van der Waals surface area (Å²) in [6, 6.07) is 7.01. The van der Waals surface area contributed by atoms with Crippen molar-refractivity contribution >= 4 is 5.97 Å². The predicted molar refractivity (Wildman–Crippen MR) is 90.0 cm³/mol. The van der Waals surface area contributed by atoms with Gasteiger partial charge in [-0.25, -0.2) is 4.79 Å². The van der Waals surface area contributed by atoms with Crippen LogP contribution in [0.4, 0.5) is 0 Å². The molecule has 126 valence electrons. The number of aryl methyl sites for hydroxylation is 1. The monoisotopic (exact) mass is 317 g/mol. The molecule has 2 bridgehead atoms. The molecule has 4 nitrogen and oxygen atoms in total. The second-order valence-electron chi connectivity index (χ2n) is 7.22. The van der Waals surface area contributed by atoms with E-state index >= 15 is 0 Å². The molecular formula is C19H27NO3. The maximum absolute atomic E-state index is 12.4. The van der Waals surface area contributed by atoms with E-state index < -0.39 is 0 Å². The normalized spacial score (nSPS) is 27.3. The average Bonchev–Trinajstić information content (AvgIpc) is 2.71. The van der Waals surface area contributed by atoms with E-state index in [1.807, 2.05) is 39.0 Å². The van der Waals surface area contributed by atoms with Crippen LogP contribution in [0, 0.1) is 6.92 Å². The molecule has 0 aliphatic carbocycles. The smallest absolute Gasteiger partial charge is 0.342 e. The van der Waals surface area contributed by atoms with E-state index in [1.165, 1.54) is 12.8 Å². The zero-order chi connectivity index (χ0) is 16.6. The lowest BCUT2D eigenvalue weighted by atomic mass is 10.0. The molecule has 0 aromatic heterocycles. The first kappa shape index (κ1) is 16.3. The van der Waals surface area contributed by atoms with Crippen molar-refractivity contribution in [1.29, 1.82) is 0 Å². The van der Waals surface area contributed by atoms with E-state index in [0.717, 1.165) is 18.4 Å². The Hall–Kier alpha value is -1.55. The number of benzene rings is 1. The summed E-state index contributed by atoms with van der Waals surface area (Å²) in [5.74, 6) is 0.366. The Kier molecular flexibility index (Phi) is 4.62. The molecule has 2 aliphatic rings. The standard InChI is InChI=1S/C19H27NO3/c1-12(2)22-19(21)17-9-13(3)5-8-18(17)23-16-10-14-6-7-15(11-16)20(14)4/h5,8-9,12,14-16H,6-7,10-11H2,1-4H3/t14-,15+,16?. The minimum atomic E-state index is -0.297. The molecule has 1 aromatic rings. The first-order valence-electron chi connectivity index (χ1n) is 8.64. The Bertz CT molecular complexity index is 570. The van der Waals surface area contributed by atoms with Crippen molar-refractivity contribution in [3.05, 3.63) is 29.3 Å². The molecule has 2 aliphatic heterocycles. The van der Waals surface area contributed by atoms with Crippen molar-refractivity contribution in [3.63, 3.8) is 0 Å². The molecule has 1 aromatic carbocycles. The number of rotatable bonds is 4. The van der Waals surface area contributed by atoms with Crippen LogP contribution < -0.4 is 4.74 Å². The number of carbonyl (C=O) groups is 1. The third kappa shape index (κ3) is 3.52. The Balaban J connectivity index is 1.76. The fraction of sp³-hybridized carbons (Fsp3) is 0.632. The number of nitrogens with zero attached hydrogens (tertiary/aromatic N) is 1. The fourth-order valence-corrected chi connectivity index (χ4v) is 3.82. The second kappa shape index (κ2) is 6.52. The Labute approximate surface area is 138 Å². The van der Waals surface area contributed by atoms with Crippen LogP contribution in [0.15, 0.2) is 18.2 Å². The number of ether oxygens (including phenoxy) is 2. The first-order chi connectivity index (χ1) is 10.9. The minimum absolute atomic E-state index is 0.130. The van der Waals surface area contributed by atoms with E-state index in [-0.39, 0.29) is 18.2 Å². The minimum Gasteiger partial charge on any atom is -0.489 e. The summed E-state index contributed by atoms with van der Waals surface area (Å²) in [7, 11) is 2.22. The van der Waals surface area contributed by atoms with Gasteiger partial charge in [0.25, 0.3) is 0 Å². The molecule has 3 atom stereocenters. The molecule has 0 spiro atoms. The van der Waals surface area contributed by atoms with Gasteiger partial charge in [0.1, 0.15) is 17.4 Å². The lowest BCUT2D eigenvalue weighted by Crippen LogP contribution is -2.43. The van der Waals surface area contributed by atoms with Crippen LogP contribution in [0.25, 0.3) is 0 Å². The Morgan fingerprint density at radius 1 is 1.22 bits per heavy atom. The van der Waals surface area contributed by atoms with Crippen molar-refractivity contribution in [2.75, 3.05) is 7.05 Å². The van der Waals surface area contributed by atoms with Crippen LogP contribution in [-0.4, -0.2) is 42.2 Å². The van der Waals surface area contributed by atoms with Gasteiger partial charge >= 0.3 is 5.97 Å². The zero-order valence-electron chi connectivity index (χ0n) is 14.5. The van der Waals surface area contributed by atoms with Crippen LogP contribution in [0.1, 0.15) is 55.5 Å². The number of carbonyl (C=O) groups excluding carboxylic acids is 1. The fourth-order valence-electron chi connectivity index (χ4n) is 3.82. The Morgan fingerprint density at radius 3 is 2.48 bits per heavy atom. The summed E-state index contributed by atoms with van der Waals surface area (Å²) >= 11 is 0. The van der Waals surface area contributed by atoms with Crippen LogP contribution in [0.5, 0.6) is 5.75 Å². The number of hydrogen-bond acceptors (Lipinski definition) is 4. The number of hydrogen-bond donors (Lipinski definition) is 0. The quantitative estimate of drug-likeness (QED) is 0.796. The van der Waals surface area contributed by atoms with Gasteiger partial charge in [0.15, 0.2) is 0 Å².